The van der Waals surface area contributed by atoms with Crippen LogP contribution < -0.4 is 15.4 Å². The lowest BCUT2D eigenvalue weighted by Crippen LogP contribution is -2.28. The van der Waals surface area contributed by atoms with E-state index in [2.05, 4.69) is 23.8 Å². The van der Waals surface area contributed by atoms with Crippen molar-refractivity contribution < 1.29 is 9.84 Å². The van der Waals surface area contributed by atoms with Gasteiger partial charge in [-0.05, 0) is 51.3 Å². The fourth-order valence-corrected chi connectivity index (χ4v) is 3.48. The van der Waals surface area contributed by atoms with Gasteiger partial charge in [0.2, 0.25) is 0 Å². The molecular formula is C20H25N5O2. The van der Waals surface area contributed by atoms with Crippen molar-refractivity contribution in [1.29, 1.82) is 5.41 Å². The molecule has 2 aliphatic rings. The Bertz CT molecular complexity index is 880. The Hall–Kier alpha value is -2.67. The highest BCUT2D eigenvalue weighted by Gasteiger charge is 2.40. The van der Waals surface area contributed by atoms with Crippen molar-refractivity contribution in [3.05, 3.63) is 41.9 Å². The standard InChI is InChI=1S/C20H25N5O2/c1-12-7-13(26)10-25(12)18-9-17(23-11-24-18)19(22)15-8-14(3-4-16(15)21)27-20(2)5-6-20/h3-4,8-9,11-13,22,26H,5-7,10,21H2,1-2H3. The largest absolute Gasteiger partial charge is 0.488 e. The molecule has 2 heterocycles. The van der Waals surface area contributed by atoms with E-state index in [1.54, 1.807) is 12.1 Å². The predicted molar refractivity (Wildman–Crippen MR) is 105 cm³/mol. The molecule has 27 heavy (non-hydrogen) atoms. The summed E-state index contributed by atoms with van der Waals surface area (Å²) < 4.78 is 6.00. The Kier molecular flexibility index (Phi) is 4.26. The van der Waals surface area contributed by atoms with E-state index in [4.69, 9.17) is 15.9 Å². The van der Waals surface area contributed by atoms with Crippen molar-refractivity contribution in [2.45, 2.75) is 50.9 Å². The van der Waals surface area contributed by atoms with Crippen LogP contribution in [0, 0.1) is 5.41 Å². The fourth-order valence-electron chi connectivity index (χ4n) is 3.48. The highest BCUT2D eigenvalue weighted by molar-refractivity contribution is 6.13. The first-order chi connectivity index (χ1) is 12.8. The van der Waals surface area contributed by atoms with E-state index in [9.17, 15) is 5.11 Å². The number of nitrogens with zero attached hydrogens (tertiary/aromatic N) is 3. The Morgan fingerprint density at radius 1 is 1.33 bits per heavy atom. The molecule has 1 aliphatic heterocycles. The van der Waals surface area contributed by atoms with Crippen LogP contribution in [0.3, 0.4) is 0 Å². The molecule has 142 valence electrons. The van der Waals surface area contributed by atoms with Gasteiger partial charge in [0.15, 0.2) is 0 Å². The van der Waals surface area contributed by atoms with Crippen LogP contribution in [0.25, 0.3) is 0 Å². The van der Waals surface area contributed by atoms with Gasteiger partial charge < -0.3 is 20.5 Å². The Labute approximate surface area is 158 Å². The van der Waals surface area contributed by atoms with Crippen LogP contribution in [0.5, 0.6) is 5.75 Å². The second-order valence-electron chi connectivity index (χ2n) is 7.83. The van der Waals surface area contributed by atoms with E-state index in [1.165, 1.54) is 6.33 Å². The fraction of sp³-hybridized carbons (Fsp3) is 0.450. The second-order valence-corrected chi connectivity index (χ2v) is 7.83. The lowest BCUT2D eigenvalue weighted by atomic mass is 10.0. The van der Waals surface area contributed by atoms with Crippen molar-refractivity contribution in [3.8, 4) is 5.75 Å². The lowest BCUT2D eigenvalue weighted by Gasteiger charge is -2.22. The molecule has 0 bridgehead atoms. The van der Waals surface area contributed by atoms with Crippen molar-refractivity contribution in [3.63, 3.8) is 0 Å². The van der Waals surface area contributed by atoms with Gasteiger partial charge in [-0.1, -0.05) is 0 Å². The maximum Gasteiger partial charge on any atom is 0.132 e. The number of anilines is 2. The first-order valence-corrected chi connectivity index (χ1v) is 9.29. The van der Waals surface area contributed by atoms with E-state index in [1.807, 2.05) is 17.0 Å². The summed E-state index contributed by atoms with van der Waals surface area (Å²) in [6.07, 6.45) is 3.89. The number of aliphatic hydroxyl groups excluding tert-OH is 1. The molecule has 0 amide bonds. The van der Waals surface area contributed by atoms with Crippen molar-refractivity contribution in [2.75, 3.05) is 17.2 Å². The quantitative estimate of drug-likeness (QED) is 0.553. The van der Waals surface area contributed by atoms with Crippen molar-refractivity contribution >= 4 is 17.2 Å². The molecular weight excluding hydrogens is 342 g/mol. The van der Waals surface area contributed by atoms with E-state index in [0.717, 1.165) is 18.6 Å². The van der Waals surface area contributed by atoms with E-state index in [0.29, 0.717) is 35.7 Å². The topological polar surface area (TPSA) is 108 Å². The maximum atomic E-state index is 9.89. The summed E-state index contributed by atoms with van der Waals surface area (Å²) in [7, 11) is 0. The van der Waals surface area contributed by atoms with Crippen molar-refractivity contribution in [1.82, 2.24) is 9.97 Å². The number of benzene rings is 1. The van der Waals surface area contributed by atoms with Gasteiger partial charge in [0.1, 0.15) is 23.5 Å². The van der Waals surface area contributed by atoms with Crippen LogP contribution in [-0.4, -0.2) is 45.1 Å². The molecule has 4 N–H and O–H groups in total. The van der Waals surface area contributed by atoms with Gasteiger partial charge >= 0.3 is 0 Å². The monoisotopic (exact) mass is 367 g/mol. The normalized spacial score (nSPS) is 23.3. The molecule has 7 nitrogen and oxygen atoms in total. The predicted octanol–water partition coefficient (Wildman–Crippen LogP) is 2.37. The molecule has 2 aromatic rings. The first-order valence-electron chi connectivity index (χ1n) is 9.29. The number of ether oxygens (including phenoxy) is 1. The number of β-amino-alcohol motifs (C(OH)–C–C–N with tert-alkyl or cyclic N) is 1. The number of nitrogen functional groups attached to an aromatic ring is 1. The molecule has 1 saturated heterocycles. The summed E-state index contributed by atoms with van der Waals surface area (Å²) in [4.78, 5) is 10.6. The summed E-state index contributed by atoms with van der Waals surface area (Å²) >= 11 is 0. The number of aromatic nitrogens is 2. The minimum Gasteiger partial charge on any atom is -0.488 e. The minimum absolute atomic E-state index is 0.0929. The zero-order valence-corrected chi connectivity index (χ0v) is 15.6. The molecule has 1 aromatic carbocycles. The molecule has 2 unspecified atom stereocenters. The number of rotatable bonds is 5. The zero-order valence-electron chi connectivity index (χ0n) is 15.6. The van der Waals surface area contributed by atoms with Gasteiger partial charge in [-0.15, -0.1) is 0 Å². The summed E-state index contributed by atoms with van der Waals surface area (Å²) in [6, 6.07) is 7.40. The number of aliphatic hydroxyl groups is 1. The second kappa shape index (κ2) is 6.49. The number of hydrogen-bond donors (Lipinski definition) is 3. The maximum absolute atomic E-state index is 9.89. The molecule has 4 rings (SSSR count). The molecule has 1 saturated carbocycles. The smallest absolute Gasteiger partial charge is 0.132 e. The van der Waals surface area contributed by atoms with Crippen LogP contribution in [0.15, 0.2) is 30.6 Å². The summed E-state index contributed by atoms with van der Waals surface area (Å²) in [5.74, 6) is 1.43. The molecule has 7 heteroatoms. The lowest BCUT2D eigenvalue weighted by molar-refractivity contribution is 0.195. The molecule has 1 aromatic heterocycles. The van der Waals surface area contributed by atoms with Crippen molar-refractivity contribution in [2.24, 2.45) is 0 Å². The van der Waals surface area contributed by atoms with Crippen LogP contribution >= 0.6 is 0 Å². The van der Waals surface area contributed by atoms with Crippen LogP contribution in [0.1, 0.15) is 44.4 Å². The zero-order chi connectivity index (χ0) is 19.2. The molecule has 1 aliphatic carbocycles. The summed E-state index contributed by atoms with van der Waals surface area (Å²) in [5, 5.41) is 18.5. The third-order valence-corrected chi connectivity index (χ3v) is 5.37. The Morgan fingerprint density at radius 3 is 2.78 bits per heavy atom. The van der Waals surface area contributed by atoms with Crippen LogP contribution in [0.2, 0.25) is 0 Å². The Morgan fingerprint density at radius 2 is 2.11 bits per heavy atom. The highest BCUT2D eigenvalue weighted by Crippen LogP contribution is 2.40. The number of nitrogens with one attached hydrogen (secondary N) is 1. The van der Waals surface area contributed by atoms with E-state index in [-0.39, 0.29) is 23.5 Å². The Balaban J connectivity index is 1.61. The summed E-state index contributed by atoms with van der Waals surface area (Å²) in [6.45, 7) is 4.67. The molecule has 0 radical (unpaired) electrons. The third kappa shape index (κ3) is 3.60. The van der Waals surface area contributed by atoms with Crippen LogP contribution in [0.4, 0.5) is 11.5 Å². The average Bonchev–Trinajstić information content (AvgIpc) is 3.27. The summed E-state index contributed by atoms with van der Waals surface area (Å²) in [5.41, 5.74) is 7.86. The SMILES string of the molecule is CC1CC(O)CN1c1cc(C(=N)c2cc(OC3(C)CC3)ccc2N)ncn1. The average molecular weight is 367 g/mol. The van der Waals surface area contributed by atoms with Gasteiger partial charge in [0, 0.05) is 29.9 Å². The third-order valence-electron chi connectivity index (χ3n) is 5.37. The minimum atomic E-state index is -0.355. The van der Waals surface area contributed by atoms with Gasteiger partial charge in [0.25, 0.3) is 0 Å². The van der Waals surface area contributed by atoms with E-state index >= 15 is 0 Å². The number of hydrogen-bond acceptors (Lipinski definition) is 7. The van der Waals surface area contributed by atoms with Gasteiger partial charge in [-0.2, -0.15) is 0 Å². The van der Waals surface area contributed by atoms with E-state index < -0.39 is 0 Å². The van der Waals surface area contributed by atoms with Gasteiger partial charge in [-0.3, -0.25) is 5.41 Å². The highest BCUT2D eigenvalue weighted by atomic mass is 16.5. The molecule has 2 fully saturated rings. The first kappa shape index (κ1) is 17.7. The van der Waals surface area contributed by atoms with Crippen LogP contribution in [-0.2, 0) is 0 Å². The van der Waals surface area contributed by atoms with Gasteiger partial charge in [-0.25, -0.2) is 9.97 Å². The van der Waals surface area contributed by atoms with Gasteiger partial charge in [0.05, 0.1) is 17.5 Å². The number of nitrogens with two attached hydrogens (primary N) is 1. The molecule has 2 atom stereocenters. The molecule has 0 spiro atoms.